The van der Waals surface area contributed by atoms with Crippen molar-refractivity contribution < 1.29 is 31.5 Å². The maximum Gasteiger partial charge on any atom is 0.271 e. The Morgan fingerprint density at radius 1 is 1.16 bits per heavy atom. The average molecular weight is 440 g/mol. The summed E-state index contributed by atoms with van der Waals surface area (Å²) in [6.45, 7) is -0.795. The predicted molar refractivity (Wildman–Crippen MR) is 103 cm³/mol. The van der Waals surface area contributed by atoms with Gasteiger partial charge in [0.15, 0.2) is 11.6 Å². The number of amides is 1. The lowest BCUT2D eigenvalue weighted by Gasteiger charge is -2.33. The molecular weight excluding hydrogens is 419 g/mol. The summed E-state index contributed by atoms with van der Waals surface area (Å²) in [7, 11) is 0. The van der Waals surface area contributed by atoms with Crippen molar-refractivity contribution in [2.24, 2.45) is 11.7 Å². The molecule has 1 amide bonds. The van der Waals surface area contributed by atoms with E-state index in [0.29, 0.717) is 13.0 Å². The lowest BCUT2D eigenvalue weighted by atomic mass is 9.90. The van der Waals surface area contributed by atoms with Crippen LogP contribution in [-0.4, -0.2) is 48.6 Å². The van der Waals surface area contributed by atoms with Gasteiger partial charge in [0.2, 0.25) is 0 Å². The Kier molecular flexibility index (Phi) is 5.74. The Balaban J connectivity index is 1.67. The molecule has 3 atom stereocenters. The highest BCUT2D eigenvalue weighted by molar-refractivity contribution is 5.82. The molecule has 4 nitrogen and oxygen atoms in total. The molecule has 166 valence electrons. The van der Waals surface area contributed by atoms with Crippen molar-refractivity contribution in [3.63, 3.8) is 0 Å². The number of hydrogen-bond donors (Lipinski definition) is 1. The zero-order valence-corrected chi connectivity index (χ0v) is 16.5. The van der Waals surface area contributed by atoms with Crippen LogP contribution in [0.15, 0.2) is 36.4 Å². The molecule has 0 saturated carbocycles. The molecule has 0 aromatic heterocycles. The van der Waals surface area contributed by atoms with Crippen molar-refractivity contribution in [2.45, 2.75) is 30.9 Å². The molecule has 2 aromatic rings. The van der Waals surface area contributed by atoms with E-state index in [-0.39, 0.29) is 29.7 Å². The van der Waals surface area contributed by atoms with Gasteiger partial charge in [0.25, 0.3) is 11.8 Å². The second-order valence-corrected chi connectivity index (χ2v) is 7.90. The highest BCUT2D eigenvalue weighted by Crippen LogP contribution is 2.40. The molecule has 2 aromatic carbocycles. The molecule has 1 unspecified atom stereocenters. The fourth-order valence-electron chi connectivity index (χ4n) is 4.25. The van der Waals surface area contributed by atoms with Crippen LogP contribution in [0.4, 0.5) is 22.0 Å². The lowest BCUT2D eigenvalue weighted by molar-refractivity contribution is -0.158. The second kappa shape index (κ2) is 8.20. The van der Waals surface area contributed by atoms with Crippen LogP contribution in [0.2, 0.25) is 0 Å². The Hall–Kier alpha value is -2.52. The predicted octanol–water partition coefficient (Wildman–Crippen LogP) is 3.52. The van der Waals surface area contributed by atoms with Gasteiger partial charge in [-0.25, -0.2) is 22.0 Å². The molecule has 2 saturated heterocycles. The smallest absolute Gasteiger partial charge is 0.271 e. The number of carbonyl (C=O) groups excluding carboxylic acids is 1. The molecule has 2 heterocycles. The van der Waals surface area contributed by atoms with Crippen molar-refractivity contribution in [1.29, 1.82) is 0 Å². The zero-order valence-electron chi connectivity index (χ0n) is 16.5. The third-order valence-corrected chi connectivity index (χ3v) is 6.04. The molecule has 0 spiro atoms. The summed E-state index contributed by atoms with van der Waals surface area (Å²) in [6, 6.07) is 6.28. The number of carbonyl (C=O) groups is 1. The maximum atomic E-state index is 15.3. The Labute approximate surface area is 175 Å². The maximum absolute atomic E-state index is 15.3. The minimum atomic E-state index is -3.22. The van der Waals surface area contributed by atoms with Gasteiger partial charge >= 0.3 is 0 Å². The molecule has 9 heteroatoms. The molecule has 2 fully saturated rings. The van der Waals surface area contributed by atoms with Crippen LogP contribution in [0.5, 0.6) is 0 Å². The zero-order chi connectivity index (χ0) is 22.3. The molecule has 2 N–H and O–H groups in total. The van der Waals surface area contributed by atoms with E-state index in [2.05, 4.69) is 0 Å². The van der Waals surface area contributed by atoms with Gasteiger partial charge in [0.05, 0.1) is 19.1 Å². The van der Waals surface area contributed by atoms with E-state index in [9.17, 15) is 22.4 Å². The van der Waals surface area contributed by atoms with Crippen molar-refractivity contribution in [3.8, 4) is 11.1 Å². The second-order valence-electron chi connectivity index (χ2n) is 7.90. The Morgan fingerprint density at radius 2 is 1.90 bits per heavy atom. The quantitative estimate of drug-likeness (QED) is 0.724. The van der Waals surface area contributed by atoms with Crippen molar-refractivity contribution in [2.75, 3.05) is 19.7 Å². The normalized spacial score (nSPS) is 24.8. The summed E-state index contributed by atoms with van der Waals surface area (Å²) < 4.78 is 76.5. The topological polar surface area (TPSA) is 55.6 Å². The number of rotatable bonds is 5. The standard InChI is InChI=1S/C22H21F5N2O2/c23-16-5-4-12(8-17(16)24)14-3-1-2-13(20(14)25)9-18-15(10-28)22(26,27)11-29(18)21(30)19-6-7-31-19/h1-5,8,15,18-19H,6-7,9-11,28H2/t15-,18+,19?/m1/s1. The molecule has 0 radical (unpaired) electrons. The fraction of sp³-hybridized carbons (Fsp3) is 0.409. The largest absolute Gasteiger partial charge is 0.368 e. The van der Waals surface area contributed by atoms with Gasteiger partial charge in [-0.15, -0.1) is 0 Å². The van der Waals surface area contributed by atoms with E-state index < -0.39 is 53.9 Å². The molecule has 0 aliphatic carbocycles. The summed E-state index contributed by atoms with van der Waals surface area (Å²) >= 11 is 0. The lowest BCUT2D eigenvalue weighted by Crippen LogP contribution is -2.49. The monoisotopic (exact) mass is 440 g/mol. The van der Waals surface area contributed by atoms with Crippen LogP contribution in [0.1, 0.15) is 12.0 Å². The summed E-state index contributed by atoms with van der Waals surface area (Å²) in [6.07, 6.45) is -0.520. The number of nitrogens with two attached hydrogens (primary N) is 1. The van der Waals surface area contributed by atoms with E-state index in [1.54, 1.807) is 0 Å². The number of likely N-dealkylation sites (tertiary alicyclic amines) is 1. The molecule has 2 aliphatic heterocycles. The fourth-order valence-corrected chi connectivity index (χ4v) is 4.25. The van der Waals surface area contributed by atoms with Crippen LogP contribution in [0.25, 0.3) is 11.1 Å². The summed E-state index contributed by atoms with van der Waals surface area (Å²) in [5.74, 6) is -8.05. The van der Waals surface area contributed by atoms with E-state index in [4.69, 9.17) is 10.5 Å². The number of alkyl halides is 2. The molecule has 4 rings (SSSR count). The molecular formula is C22H21F5N2O2. The van der Waals surface area contributed by atoms with Crippen molar-refractivity contribution in [1.82, 2.24) is 4.90 Å². The van der Waals surface area contributed by atoms with Gasteiger partial charge in [-0.05, 0) is 29.7 Å². The van der Waals surface area contributed by atoms with E-state index in [1.165, 1.54) is 24.3 Å². The minimum absolute atomic E-state index is 0.00524. The van der Waals surface area contributed by atoms with Crippen LogP contribution in [0.3, 0.4) is 0 Å². The summed E-state index contributed by atoms with van der Waals surface area (Å²) in [4.78, 5) is 13.7. The highest BCUT2D eigenvalue weighted by atomic mass is 19.3. The highest BCUT2D eigenvalue weighted by Gasteiger charge is 2.56. The number of nitrogens with zero attached hydrogens (tertiary/aromatic N) is 1. The summed E-state index contributed by atoms with van der Waals surface area (Å²) in [5.41, 5.74) is 5.80. The molecule has 2 aliphatic rings. The van der Waals surface area contributed by atoms with Gasteiger partial charge in [-0.1, -0.05) is 24.3 Å². The van der Waals surface area contributed by atoms with Gasteiger partial charge in [0.1, 0.15) is 11.9 Å². The first-order valence-electron chi connectivity index (χ1n) is 9.95. The molecule has 31 heavy (non-hydrogen) atoms. The first-order chi connectivity index (χ1) is 14.7. The number of benzene rings is 2. The molecule has 0 bridgehead atoms. The van der Waals surface area contributed by atoms with Crippen molar-refractivity contribution in [3.05, 3.63) is 59.4 Å². The Morgan fingerprint density at radius 3 is 2.52 bits per heavy atom. The van der Waals surface area contributed by atoms with Gasteiger partial charge in [0, 0.05) is 24.6 Å². The minimum Gasteiger partial charge on any atom is -0.368 e. The third-order valence-electron chi connectivity index (χ3n) is 6.04. The summed E-state index contributed by atoms with van der Waals surface area (Å²) in [5, 5.41) is 0. The van der Waals surface area contributed by atoms with Gasteiger partial charge < -0.3 is 15.4 Å². The van der Waals surface area contributed by atoms with Crippen LogP contribution in [0, 0.1) is 23.4 Å². The number of halogens is 5. The first-order valence-corrected chi connectivity index (χ1v) is 9.95. The SMILES string of the molecule is NC[C@@H]1[C@H](Cc2cccc(-c3ccc(F)c(F)c3)c2F)N(C(=O)C2CCO2)CC1(F)F. The Bertz CT molecular complexity index is 996. The number of hydrogen-bond acceptors (Lipinski definition) is 3. The van der Waals surface area contributed by atoms with E-state index in [1.807, 2.05) is 0 Å². The van der Waals surface area contributed by atoms with Crippen LogP contribution < -0.4 is 5.73 Å². The number of ether oxygens (including phenoxy) is 1. The average Bonchev–Trinajstić information content (AvgIpc) is 2.94. The van der Waals surface area contributed by atoms with Gasteiger partial charge in [-0.3, -0.25) is 4.79 Å². The first kappa shape index (κ1) is 21.7. The van der Waals surface area contributed by atoms with Crippen LogP contribution >= 0.6 is 0 Å². The third kappa shape index (κ3) is 3.92. The van der Waals surface area contributed by atoms with E-state index in [0.717, 1.165) is 17.0 Å². The van der Waals surface area contributed by atoms with Crippen molar-refractivity contribution >= 4 is 5.91 Å². The van der Waals surface area contributed by atoms with E-state index >= 15 is 4.39 Å². The van der Waals surface area contributed by atoms with Crippen LogP contribution in [-0.2, 0) is 16.0 Å². The van der Waals surface area contributed by atoms with Gasteiger partial charge in [-0.2, -0.15) is 0 Å².